The van der Waals surface area contributed by atoms with Gasteiger partial charge in [0.1, 0.15) is 5.75 Å². The third-order valence-electron chi connectivity index (χ3n) is 4.28. The maximum Gasteiger partial charge on any atom is 0.321 e. The summed E-state index contributed by atoms with van der Waals surface area (Å²) >= 11 is 0. The highest BCUT2D eigenvalue weighted by Gasteiger charge is 2.08. The molecule has 0 saturated carbocycles. The number of ether oxygens (including phenoxy) is 1. The van der Waals surface area contributed by atoms with Crippen molar-refractivity contribution in [3.8, 4) is 11.8 Å². The largest absolute Gasteiger partial charge is 0.424 e. The lowest BCUT2D eigenvalue weighted by Gasteiger charge is -2.17. The molecule has 0 fully saturated rings. The van der Waals surface area contributed by atoms with E-state index in [9.17, 15) is 0 Å². The fourth-order valence-corrected chi connectivity index (χ4v) is 2.76. The van der Waals surface area contributed by atoms with E-state index in [-0.39, 0.29) is 6.01 Å². The second-order valence-electron chi connectivity index (χ2n) is 7.01. The Morgan fingerprint density at radius 3 is 2.41 bits per heavy atom. The average molecular weight is 390 g/mol. The molecule has 0 aliphatic carbocycles. The number of nitrogens with two attached hydrogens (primary N) is 2. The first-order chi connectivity index (χ1) is 13.9. The highest BCUT2D eigenvalue weighted by Crippen LogP contribution is 2.27. The van der Waals surface area contributed by atoms with E-state index in [1.165, 1.54) is 10.6 Å². The van der Waals surface area contributed by atoms with Crippen molar-refractivity contribution in [2.24, 2.45) is 11.6 Å². The molecule has 0 radical (unpaired) electrons. The van der Waals surface area contributed by atoms with Crippen LogP contribution < -0.4 is 21.3 Å². The van der Waals surface area contributed by atoms with Crippen LogP contribution in [0, 0.1) is 6.92 Å². The highest BCUT2D eigenvalue weighted by molar-refractivity contribution is 5.67. The summed E-state index contributed by atoms with van der Waals surface area (Å²) < 4.78 is 5.77. The first kappa shape index (κ1) is 20.3. The molecule has 29 heavy (non-hydrogen) atoms. The van der Waals surface area contributed by atoms with Crippen molar-refractivity contribution in [2.75, 3.05) is 19.1 Å². The summed E-state index contributed by atoms with van der Waals surface area (Å²) in [5, 5.41) is 1.47. The van der Waals surface area contributed by atoms with E-state index in [0.717, 1.165) is 23.4 Å². The standard InChI is InChI=1S/C22H26N6O/c1-16-5-10-19(13-21(16)29-22-25-11-4-12-26-22)28(24)15-20(23)18-8-6-17(7-9-18)14-27(2)3/h4-13,15H,14,23-24H2,1-3H3/b20-15-. The van der Waals surface area contributed by atoms with Gasteiger partial charge in [-0.2, -0.15) is 0 Å². The number of aromatic nitrogens is 2. The van der Waals surface area contributed by atoms with Crippen molar-refractivity contribution in [1.29, 1.82) is 0 Å². The Morgan fingerprint density at radius 2 is 1.76 bits per heavy atom. The zero-order valence-electron chi connectivity index (χ0n) is 16.9. The van der Waals surface area contributed by atoms with Gasteiger partial charge >= 0.3 is 6.01 Å². The number of hydrazine groups is 1. The van der Waals surface area contributed by atoms with Crippen LogP contribution in [0.3, 0.4) is 0 Å². The molecule has 1 aromatic heterocycles. The zero-order valence-corrected chi connectivity index (χ0v) is 16.9. The fourth-order valence-electron chi connectivity index (χ4n) is 2.76. The first-order valence-electron chi connectivity index (χ1n) is 9.23. The van der Waals surface area contributed by atoms with Crippen LogP contribution in [-0.4, -0.2) is 29.0 Å². The number of hydrogen-bond acceptors (Lipinski definition) is 7. The van der Waals surface area contributed by atoms with E-state index in [4.69, 9.17) is 16.3 Å². The van der Waals surface area contributed by atoms with Gasteiger partial charge in [0.15, 0.2) is 0 Å². The molecule has 0 unspecified atom stereocenters. The van der Waals surface area contributed by atoms with Crippen molar-refractivity contribution in [3.63, 3.8) is 0 Å². The molecule has 0 amide bonds. The smallest absolute Gasteiger partial charge is 0.321 e. The Kier molecular flexibility index (Phi) is 6.43. The Hall–Kier alpha value is -3.42. The van der Waals surface area contributed by atoms with Gasteiger partial charge in [-0.05, 0) is 49.8 Å². The molecular formula is C22H26N6O. The van der Waals surface area contributed by atoms with Crippen LogP contribution in [0.1, 0.15) is 16.7 Å². The van der Waals surface area contributed by atoms with Crippen LogP contribution in [0.5, 0.6) is 11.8 Å². The normalized spacial score (nSPS) is 11.6. The maximum atomic E-state index is 6.25. The molecule has 0 bridgehead atoms. The maximum absolute atomic E-state index is 6.25. The third kappa shape index (κ3) is 5.54. The first-order valence-corrected chi connectivity index (χ1v) is 9.23. The summed E-state index contributed by atoms with van der Waals surface area (Å²) in [7, 11) is 4.08. The monoisotopic (exact) mass is 390 g/mol. The van der Waals surface area contributed by atoms with Gasteiger partial charge in [-0.1, -0.05) is 30.3 Å². The molecule has 3 aromatic rings. The molecule has 0 spiro atoms. The number of aryl methyl sites for hydroxylation is 1. The highest BCUT2D eigenvalue weighted by atomic mass is 16.5. The summed E-state index contributed by atoms with van der Waals surface area (Å²) in [5.41, 5.74) is 10.6. The molecule has 0 aliphatic heterocycles. The quantitative estimate of drug-likeness (QED) is 0.472. The molecule has 0 aliphatic rings. The Morgan fingerprint density at radius 1 is 1.07 bits per heavy atom. The SMILES string of the molecule is Cc1ccc(N(N)/C=C(\N)c2ccc(CN(C)C)cc2)cc1Oc1ncccn1. The van der Waals surface area contributed by atoms with E-state index in [0.29, 0.717) is 11.4 Å². The number of benzene rings is 2. The molecular weight excluding hydrogens is 364 g/mol. The van der Waals surface area contributed by atoms with Gasteiger partial charge in [-0.3, -0.25) is 5.01 Å². The molecule has 4 N–H and O–H groups in total. The zero-order chi connectivity index (χ0) is 20.8. The van der Waals surface area contributed by atoms with Crippen molar-refractivity contribution in [3.05, 3.63) is 83.8 Å². The fraction of sp³-hybridized carbons (Fsp3) is 0.182. The van der Waals surface area contributed by atoms with Gasteiger partial charge in [-0.25, -0.2) is 15.8 Å². The Labute approximate surface area is 171 Å². The lowest BCUT2D eigenvalue weighted by Crippen LogP contribution is -2.25. The average Bonchev–Trinajstić information content (AvgIpc) is 2.70. The molecule has 7 nitrogen and oxygen atoms in total. The van der Waals surface area contributed by atoms with Gasteiger partial charge in [0.25, 0.3) is 0 Å². The molecule has 7 heteroatoms. The summed E-state index contributed by atoms with van der Waals surface area (Å²) in [4.78, 5) is 10.3. The van der Waals surface area contributed by atoms with E-state index < -0.39 is 0 Å². The van der Waals surface area contributed by atoms with Gasteiger partial charge in [0, 0.05) is 31.2 Å². The molecule has 0 saturated heterocycles. The number of nitrogens with zero attached hydrogens (tertiary/aromatic N) is 4. The molecule has 1 heterocycles. The van der Waals surface area contributed by atoms with Crippen molar-refractivity contribution in [2.45, 2.75) is 13.5 Å². The topological polar surface area (TPSA) is 93.5 Å². The number of rotatable bonds is 7. The van der Waals surface area contributed by atoms with Gasteiger partial charge in [0.2, 0.25) is 0 Å². The van der Waals surface area contributed by atoms with E-state index in [1.807, 2.05) is 51.4 Å². The predicted molar refractivity (Wildman–Crippen MR) is 116 cm³/mol. The minimum Gasteiger partial charge on any atom is -0.424 e. The van der Waals surface area contributed by atoms with Gasteiger partial charge in [-0.15, -0.1) is 0 Å². The van der Waals surface area contributed by atoms with Crippen LogP contribution >= 0.6 is 0 Å². The lowest BCUT2D eigenvalue weighted by molar-refractivity contribution is 0.402. The molecule has 150 valence electrons. The molecule has 2 aromatic carbocycles. The second-order valence-corrected chi connectivity index (χ2v) is 7.01. The Balaban J connectivity index is 1.77. The second kappa shape index (κ2) is 9.18. The van der Waals surface area contributed by atoms with Gasteiger partial charge in [0.05, 0.1) is 11.4 Å². The van der Waals surface area contributed by atoms with Crippen LogP contribution in [0.2, 0.25) is 0 Å². The number of hydrogen-bond donors (Lipinski definition) is 2. The molecule has 0 atom stereocenters. The van der Waals surface area contributed by atoms with Crippen molar-refractivity contribution in [1.82, 2.24) is 14.9 Å². The van der Waals surface area contributed by atoms with E-state index in [1.54, 1.807) is 24.7 Å². The van der Waals surface area contributed by atoms with E-state index in [2.05, 4.69) is 27.0 Å². The summed E-state index contributed by atoms with van der Waals surface area (Å²) in [6.45, 7) is 2.83. The van der Waals surface area contributed by atoms with Crippen molar-refractivity contribution < 1.29 is 4.74 Å². The minimum atomic E-state index is 0.282. The summed E-state index contributed by atoms with van der Waals surface area (Å²) in [6, 6.07) is 15.8. The summed E-state index contributed by atoms with van der Waals surface area (Å²) in [6.07, 6.45) is 4.95. The van der Waals surface area contributed by atoms with Crippen LogP contribution in [0.15, 0.2) is 67.1 Å². The number of anilines is 1. The summed E-state index contributed by atoms with van der Waals surface area (Å²) in [5.74, 6) is 6.85. The third-order valence-corrected chi connectivity index (χ3v) is 4.28. The van der Waals surface area contributed by atoms with Crippen molar-refractivity contribution >= 4 is 11.4 Å². The van der Waals surface area contributed by atoms with E-state index >= 15 is 0 Å². The molecule has 3 rings (SSSR count). The lowest BCUT2D eigenvalue weighted by atomic mass is 10.1. The van der Waals surface area contributed by atoms with Gasteiger partial charge < -0.3 is 15.4 Å². The minimum absolute atomic E-state index is 0.282. The van der Waals surface area contributed by atoms with Crippen LogP contribution in [0.4, 0.5) is 5.69 Å². The Bertz CT molecular complexity index is 970. The van der Waals surface area contributed by atoms with Crippen LogP contribution in [-0.2, 0) is 6.54 Å². The predicted octanol–water partition coefficient (Wildman–Crippen LogP) is 3.28. The van der Waals surface area contributed by atoms with Crippen LogP contribution in [0.25, 0.3) is 5.70 Å².